The molecule has 1 aromatic carbocycles. The number of nitrogens with zero attached hydrogens (tertiary/aromatic N) is 1. The summed E-state index contributed by atoms with van der Waals surface area (Å²) in [6.07, 6.45) is 0.417. The van der Waals surface area contributed by atoms with Crippen LogP contribution in [0.4, 0.5) is 14.5 Å². The molecule has 1 aromatic rings. The Bertz CT molecular complexity index is 569. The number of carbonyl (C=O) groups is 2. The molecule has 1 heterocycles. The highest BCUT2D eigenvalue weighted by molar-refractivity contribution is 9.10. The fourth-order valence-electron chi connectivity index (χ4n) is 2.32. The number of rotatable bonds is 3. The smallest absolute Gasteiger partial charge is 0.250 e. The van der Waals surface area contributed by atoms with Gasteiger partial charge in [-0.15, -0.1) is 0 Å². The summed E-state index contributed by atoms with van der Waals surface area (Å²) in [6, 6.07) is 1.37. The quantitative estimate of drug-likeness (QED) is 0.900. The van der Waals surface area contributed by atoms with Crippen molar-refractivity contribution < 1.29 is 18.4 Å². The van der Waals surface area contributed by atoms with E-state index in [1.807, 2.05) is 13.8 Å². The third-order valence-corrected chi connectivity index (χ3v) is 3.62. The maximum atomic E-state index is 14.0. The lowest BCUT2D eigenvalue weighted by Crippen LogP contribution is -2.59. The maximum absolute atomic E-state index is 14.0. The van der Waals surface area contributed by atoms with Gasteiger partial charge in [-0.3, -0.25) is 14.5 Å². The predicted octanol–water partition coefficient (Wildman–Crippen LogP) is 2.60. The summed E-state index contributed by atoms with van der Waals surface area (Å²) >= 11 is 2.98. The first kappa shape index (κ1) is 15.9. The van der Waals surface area contributed by atoms with Crippen molar-refractivity contribution in [2.24, 2.45) is 5.92 Å². The number of carbonyl (C=O) groups excluding carboxylic acids is 2. The molecule has 1 fully saturated rings. The number of hydrogen-bond donors (Lipinski definition) is 1. The Morgan fingerprint density at radius 3 is 2.43 bits per heavy atom. The number of halogens is 3. The number of nitrogens with one attached hydrogen (secondary N) is 1. The molecule has 21 heavy (non-hydrogen) atoms. The topological polar surface area (TPSA) is 49.4 Å². The molecule has 1 unspecified atom stereocenters. The van der Waals surface area contributed by atoms with Gasteiger partial charge in [-0.25, -0.2) is 8.78 Å². The van der Waals surface area contributed by atoms with Crippen molar-refractivity contribution >= 4 is 33.4 Å². The van der Waals surface area contributed by atoms with E-state index in [0.717, 1.165) is 17.0 Å². The van der Waals surface area contributed by atoms with Crippen LogP contribution in [0.2, 0.25) is 0 Å². The van der Waals surface area contributed by atoms with Gasteiger partial charge in [-0.2, -0.15) is 0 Å². The SMILES string of the molecule is CC(C)CC1NC(=O)CN(c2c(F)cc(Br)cc2F)C1=O. The van der Waals surface area contributed by atoms with Crippen molar-refractivity contribution in [1.29, 1.82) is 0 Å². The Morgan fingerprint density at radius 2 is 1.90 bits per heavy atom. The van der Waals surface area contributed by atoms with E-state index in [1.165, 1.54) is 0 Å². The maximum Gasteiger partial charge on any atom is 0.250 e. The molecule has 0 saturated carbocycles. The molecule has 0 bridgehead atoms. The largest absolute Gasteiger partial charge is 0.343 e. The Balaban J connectivity index is 2.38. The van der Waals surface area contributed by atoms with Crippen LogP contribution in [0.1, 0.15) is 20.3 Å². The van der Waals surface area contributed by atoms with Gasteiger partial charge >= 0.3 is 0 Å². The minimum absolute atomic E-state index is 0.166. The molecule has 7 heteroatoms. The molecule has 114 valence electrons. The van der Waals surface area contributed by atoms with Gasteiger partial charge in [0, 0.05) is 4.47 Å². The lowest BCUT2D eigenvalue weighted by atomic mass is 10.0. The van der Waals surface area contributed by atoms with Crippen LogP contribution in [-0.4, -0.2) is 24.4 Å². The van der Waals surface area contributed by atoms with Gasteiger partial charge in [0.2, 0.25) is 11.8 Å². The number of amides is 2. The van der Waals surface area contributed by atoms with Gasteiger partial charge in [-0.1, -0.05) is 29.8 Å². The zero-order chi connectivity index (χ0) is 15.7. The molecule has 0 aliphatic carbocycles. The van der Waals surface area contributed by atoms with E-state index in [4.69, 9.17) is 0 Å². The summed E-state index contributed by atoms with van der Waals surface area (Å²) in [7, 11) is 0. The summed E-state index contributed by atoms with van der Waals surface area (Å²) in [5.41, 5.74) is -0.480. The Kier molecular flexibility index (Phi) is 4.61. The molecule has 1 N–H and O–H groups in total. The van der Waals surface area contributed by atoms with Gasteiger partial charge < -0.3 is 5.32 Å². The molecular weight excluding hydrogens is 346 g/mol. The highest BCUT2D eigenvalue weighted by Gasteiger charge is 2.36. The summed E-state index contributed by atoms with van der Waals surface area (Å²) in [4.78, 5) is 25.0. The van der Waals surface area contributed by atoms with Crippen molar-refractivity contribution in [2.75, 3.05) is 11.4 Å². The molecule has 0 aromatic heterocycles. The second kappa shape index (κ2) is 6.09. The summed E-state index contributed by atoms with van der Waals surface area (Å²) in [6.45, 7) is 3.42. The second-order valence-electron chi connectivity index (χ2n) is 5.39. The van der Waals surface area contributed by atoms with Crippen molar-refractivity contribution in [3.8, 4) is 0 Å². The van der Waals surface area contributed by atoms with Crippen LogP contribution >= 0.6 is 15.9 Å². The zero-order valence-corrected chi connectivity index (χ0v) is 13.2. The van der Waals surface area contributed by atoms with Gasteiger partial charge in [-0.05, 0) is 24.5 Å². The Morgan fingerprint density at radius 1 is 1.33 bits per heavy atom. The van der Waals surface area contributed by atoms with Crippen LogP contribution in [0.25, 0.3) is 0 Å². The monoisotopic (exact) mass is 360 g/mol. The molecule has 1 saturated heterocycles. The standard InChI is InChI=1S/C14H15BrF2N2O2/c1-7(2)3-11-14(21)19(6-12(20)18-11)13-9(16)4-8(15)5-10(13)17/h4-5,7,11H,3,6H2,1-2H3,(H,18,20). The molecule has 1 atom stereocenters. The average molecular weight is 361 g/mol. The van der Waals surface area contributed by atoms with Gasteiger partial charge in [0.15, 0.2) is 11.6 Å². The first-order valence-electron chi connectivity index (χ1n) is 6.55. The lowest BCUT2D eigenvalue weighted by molar-refractivity contribution is -0.131. The molecule has 0 spiro atoms. The number of piperazine rings is 1. The van der Waals surface area contributed by atoms with Crippen LogP contribution < -0.4 is 10.2 Å². The van der Waals surface area contributed by atoms with E-state index < -0.39 is 35.2 Å². The highest BCUT2D eigenvalue weighted by Crippen LogP contribution is 2.29. The fraction of sp³-hybridized carbons (Fsp3) is 0.429. The minimum Gasteiger partial charge on any atom is -0.343 e. The minimum atomic E-state index is -0.881. The van der Waals surface area contributed by atoms with Crippen LogP contribution in [0, 0.1) is 17.6 Å². The molecule has 1 aliphatic rings. The van der Waals surface area contributed by atoms with Gasteiger partial charge in [0.25, 0.3) is 0 Å². The number of benzene rings is 1. The lowest BCUT2D eigenvalue weighted by Gasteiger charge is -2.33. The van der Waals surface area contributed by atoms with Crippen LogP contribution in [0.5, 0.6) is 0 Å². The number of hydrogen-bond acceptors (Lipinski definition) is 2. The molecule has 4 nitrogen and oxygen atoms in total. The van der Waals surface area contributed by atoms with Crippen molar-refractivity contribution in [3.63, 3.8) is 0 Å². The normalized spacial score (nSPS) is 19.1. The van der Waals surface area contributed by atoms with Crippen molar-refractivity contribution in [1.82, 2.24) is 5.32 Å². The summed E-state index contributed by atoms with van der Waals surface area (Å²) < 4.78 is 28.2. The summed E-state index contributed by atoms with van der Waals surface area (Å²) in [5.74, 6) is -2.52. The van der Waals surface area contributed by atoms with E-state index in [2.05, 4.69) is 21.2 Å². The first-order valence-corrected chi connectivity index (χ1v) is 7.34. The van der Waals surface area contributed by atoms with Gasteiger partial charge in [0.1, 0.15) is 18.3 Å². The highest BCUT2D eigenvalue weighted by atomic mass is 79.9. The fourth-order valence-corrected chi connectivity index (χ4v) is 2.73. The van der Waals surface area contributed by atoms with Crippen molar-refractivity contribution in [2.45, 2.75) is 26.3 Å². The van der Waals surface area contributed by atoms with E-state index in [0.29, 0.717) is 6.42 Å². The van der Waals surface area contributed by atoms with E-state index in [-0.39, 0.29) is 16.9 Å². The average Bonchev–Trinajstić information content (AvgIpc) is 2.32. The third-order valence-electron chi connectivity index (χ3n) is 3.16. The summed E-state index contributed by atoms with van der Waals surface area (Å²) in [5, 5.41) is 2.56. The van der Waals surface area contributed by atoms with Crippen molar-refractivity contribution in [3.05, 3.63) is 28.2 Å². The van der Waals surface area contributed by atoms with E-state index >= 15 is 0 Å². The van der Waals surface area contributed by atoms with Crippen LogP contribution in [0.3, 0.4) is 0 Å². The third kappa shape index (κ3) is 3.40. The van der Waals surface area contributed by atoms with Gasteiger partial charge in [0.05, 0.1) is 0 Å². The van der Waals surface area contributed by atoms with E-state index in [9.17, 15) is 18.4 Å². The first-order chi connectivity index (χ1) is 9.79. The van der Waals surface area contributed by atoms with Crippen LogP contribution in [-0.2, 0) is 9.59 Å². The van der Waals surface area contributed by atoms with E-state index in [1.54, 1.807) is 0 Å². The molecular formula is C14H15BrF2N2O2. The van der Waals surface area contributed by atoms with Crippen LogP contribution in [0.15, 0.2) is 16.6 Å². The number of anilines is 1. The molecule has 0 radical (unpaired) electrons. The second-order valence-corrected chi connectivity index (χ2v) is 6.31. The molecule has 2 amide bonds. The Hall–Kier alpha value is -1.50. The Labute approximate surface area is 129 Å². The molecule has 1 aliphatic heterocycles. The zero-order valence-electron chi connectivity index (χ0n) is 11.6. The predicted molar refractivity (Wildman–Crippen MR) is 77.8 cm³/mol. The molecule has 2 rings (SSSR count).